The molecule has 0 unspecified atom stereocenters. The molecule has 0 saturated carbocycles. The fraction of sp³-hybridized carbons (Fsp3) is 0.579. The number of hydrogen-bond acceptors (Lipinski definition) is 4. The first kappa shape index (κ1) is 17.2. The molecule has 1 saturated heterocycles. The summed E-state index contributed by atoms with van der Waals surface area (Å²) in [5.74, 6) is 0.501. The second kappa shape index (κ2) is 7.51. The first-order valence-electron chi connectivity index (χ1n) is 9.02. The first-order valence-corrected chi connectivity index (χ1v) is 9.90. The average Bonchev–Trinajstić information content (AvgIpc) is 3.17. The second-order valence-corrected chi connectivity index (χ2v) is 7.79. The van der Waals surface area contributed by atoms with Gasteiger partial charge in [0, 0.05) is 24.5 Å². The van der Waals surface area contributed by atoms with Gasteiger partial charge in [0.1, 0.15) is 5.70 Å². The van der Waals surface area contributed by atoms with Crippen LogP contribution in [0.5, 0.6) is 0 Å². The minimum Gasteiger partial charge on any atom is -0.366 e. The van der Waals surface area contributed by atoms with E-state index in [0.29, 0.717) is 23.7 Å². The van der Waals surface area contributed by atoms with Gasteiger partial charge in [-0.25, -0.2) is 0 Å². The molecule has 1 fully saturated rings. The van der Waals surface area contributed by atoms with Crippen LogP contribution >= 0.6 is 11.3 Å². The summed E-state index contributed by atoms with van der Waals surface area (Å²) in [5, 5.41) is 1.97. The molecule has 2 aliphatic rings. The van der Waals surface area contributed by atoms with Crippen LogP contribution in [0.25, 0.3) is 5.57 Å². The summed E-state index contributed by atoms with van der Waals surface area (Å²) in [5.41, 5.74) is 1.27. The third-order valence-corrected chi connectivity index (χ3v) is 5.88. The molecule has 0 atom stereocenters. The van der Waals surface area contributed by atoms with Crippen molar-refractivity contribution in [3.63, 3.8) is 0 Å². The third-order valence-electron chi connectivity index (χ3n) is 5.00. The zero-order chi connectivity index (χ0) is 17.1. The molecule has 0 N–H and O–H groups in total. The van der Waals surface area contributed by atoms with Crippen LogP contribution in [0.2, 0.25) is 0 Å². The number of nitrogens with zero attached hydrogens (tertiary/aromatic N) is 2. The molecule has 3 heterocycles. The number of unbranched alkanes of at least 4 members (excludes halogenated alkanes) is 2. The van der Waals surface area contributed by atoms with Crippen molar-refractivity contribution in [2.45, 2.75) is 46.0 Å². The maximum absolute atomic E-state index is 13.0. The summed E-state index contributed by atoms with van der Waals surface area (Å²) in [6.07, 6.45) is 5.17. The lowest BCUT2D eigenvalue weighted by Gasteiger charge is -2.32. The Bertz CT molecular complexity index is 628. The molecular formula is C19H26N2O2S. The van der Waals surface area contributed by atoms with E-state index in [-0.39, 0.29) is 11.8 Å². The molecule has 0 spiro atoms. The fourth-order valence-corrected chi connectivity index (χ4v) is 4.22. The fourth-order valence-electron chi connectivity index (χ4n) is 3.45. The molecule has 0 aliphatic carbocycles. The van der Waals surface area contributed by atoms with Crippen molar-refractivity contribution in [3.8, 4) is 0 Å². The van der Waals surface area contributed by atoms with Gasteiger partial charge in [-0.3, -0.25) is 14.5 Å². The lowest BCUT2D eigenvalue weighted by atomic mass is 9.98. The molecule has 0 bridgehead atoms. The van der Waals surface area contributed by atoms with E-state index in [1.54, 1.807) is 11.3 Å². The number of likely N-dealkylation sites (tertiary alicyclic amines) is 1. The summed E-state index contributed by atoms with van der Waals surface area (Å²) in [6.45, 7) is 6.66. The molecular weight excluding hydrogens is 320 g/mol. The van der Waals surface area contributed by atoms with E-state index in [9.17, 15) is 9.59 Å². The van der Waals surface area contributed by atoms with Crippen molar-refractivity contribution in [1.29, 1.82) is 0 Å². The Hall–Kier alpha value is -1.62. The van der Waals surface area contributed by atoms with E-state index >= 15 is 0 Å². The van der Waals surface area contributed by atoms with Gasteiger partial charge < -0.3 is 4.90 Å². The van der Waals surface area contributed by atoms with Gasteiger partial charge >= 0.3 is 0 Å². The van der Waals surface area contributed by atoms with Crippen molar-refractivity contribution >= 4 is 28.7 Å². The quantitative estimate of drug-likeness (QED) is 0.582. The van der Waals surface area contributed by atoms with Gasteiger partial charge in [0.25, 0.3) is 11.8 Å². The minimum atomic E-state index is -0.104. The predicted octanol–water partition coefficient (Wildman–Crippen LogP) is 3.75. The van der Waals surface area contributed by atoms with E-state index in [1.807, 2.05) is 17.5 Å². The third kappa shape index (κ3) is 3.27. The maximum Gasteiger partial charge on any atom is 0.277 e. The standard InChI is InChI=1S/C19H26N2O2S/c1-3-4-5-10-21-18(22)16(15-7-6-13-24-15)17(19(21)23)20-11-8-14(2)9-12-20/h6-7,13-14H,3-5,8-12H2,1-2H3. The van der Waals surface area contributed by atoms with Crippen LogP contribution in [0.4, 0.5) is 0 Å². The Morgan fingerprint density at radius 1 is 1.17 bits per heavy atom. The van der Waals surface area contributed by atoms with Gasteiger partial charge in [0.2, 0.25) is 0 Å². The lowest BCUT2D eigenvalue weighted by molar-refractivity contribution is -0.137. The average molecular weight is 346 g/mol. The number of rotatable bonds is 6. The number of carbonyl (C=O) groups excluding carboxylic acids is 2. The highest BCUT2D eigenvalue weighted by atomic mass is 32.1. The van der Waals surface area contributed by atoms with Crippen LogP contribution in [0.3, 0.4) is 0 Å². The van der Waals surface area contributed by atoms with Crippen molar-refractivity contribution < 1.29 is 9.59 Å². The molecule has 1 aromatic heterocycles. The highest BCUT2D eigenvalue weighted by molar-refractivity contribution is 7.11. The number of amides is 2. The largest absolute Gasteiger partial charge is 0.366 e. The zero-order valence-electron chi connectivity index (χ0n) is 14.6. The Balaban J connectivity index is 1.90. The van der Waals surface area contributed by atoms with Crippen LogP contribution in [-0.4, -0.2) is 41.2 Å². The lowest BCUT2D eigenvalue weighted by Crippen LogP contribution is -2.38. The monoisotopic (exact) mass is 346 g/mol. The van der Waals surface area contributed by atoms with Crippen LogP contribution in [0.1, 0.15) is 50.8 Å². The number of piperidine rings is 1. The molecule has 5 heteroatoms. The maximum atomic E-state index is 13.0. The molecule has 0 radical (unpaired) electrons. The van der Waals surface area contributed by atoms with Gasteiger partial charge in [0.15, 0.2) is 0 Å². The summed E-state index contributed by atoms with van der Waals surface area (Å²) in [6, 6.07) is 3.90. The van der Waals surface area contributed by atoms with Crippen molar-refractivity contribution in [2.75, 3.05) is 19.6 Å². The van der Waals surface area contributed by atoms with Gasteiger partial charge in [-0.15, -0.1) is 11.3 Å². The SMILES string of the molecule is CCCCCN1C(=O)C(c2cccs2)=C(N2CCC(C)CC2)C1=O. The van der Waals surface area contributed by atoms with Crippen molar-refractivity contribution in [3.05, 3.63) is 28.1 Å². The van der Waals surface area contributed by atoms with Crippen LogP contribution in [0, 0.1) is 5.92 Å². The van der Waals surface area contributed by atoms with Crippen molar-refractivity contribution in [2.24, 2.45) is 5.92 Å². The zero-order valence-corrected chi connectivity index (χ0v) is 15.4. The van der Waals surface area contributed by atoms with Gasteiger partial charge in [0.05, 0.1) is 5.57 Å². The Morgan fingerprint density at radius 2 is 1.92 bits per heavy atom. The topological polar surface area (TPSA) is 40.6 Å². The Labute approximate surface area is 148 Å². The van der Waals surface area contributed by atoms with E-state index in [1.165, 1.54) is 4.90 Å². The predicted molar refractivity (Wildman–Crippen MR) is 97.5 cm³/mol. The van der Waals surface area contributed by atoms with Gasteiger partial charge in [-0.1, -0.05) is 32.8 Å². The number of imide groups is 1. The number of thiophene rings is 1. The first-order chi connectivity index (χ1) is 11.6. The molecule has 3 rings (SSSR count). The van der Waals surface area contributed by atoms with Gasteiger partial charge in [-0.2, -0.15) is 0 Å². The summed E-state index contributed by atoms with van der Waals surface area (Å²) in [4.78, 5) is 30.5. The summed E-state index contributed by atoms with van der Waals surface area (Å²) >= 11 is 1.54. The molecule has 4 nitrogen and oxygen atoms in total. The molecule has 2 aliphatic heterocycles. The molecule has 24 heavy (non-hydrogen) atoms. The summed E-state index contributed by atoms with van der Waals surface area (Å²) in [7, 11) is 0. The Kier molecular flexibility index (Phi) is 5.39. The van der Waals surface area contributed by atoms with Gasteiger partial charge in [-0.05, 0) is 36.6 Å². The highest BCUT2D eigenvalue weighted by Crippen LogP contribution is 2.35. The second-order valence-electron chi connectivity index (χ2n) is 6.84. The smallest absolute Gasteiger partial charge is 0.277 e. The van der Waals surface area contributed by atoms with Crippen LogP contribution in [-0.2, 0) is 9.59 Å². The highest BCUT2D eigenvalue weighted by Gasteiger charge is 2.42. The minimum absolute atomic E-state index is 0.0888. The van der Waals surface area contributed by atoms with E-state index in [0.717, 1.165) is 50.1 Å². The number of hydrogen-bond donors (Lipinski definition) is 0. The number of carbonyl (C=O) groups is 2. The molecule has 1 aromatic rings. The summed E-state index contributed by atoms with van der Waals surface area (Å²) < 4.78 is 0. The van der Waals surface area contributed by atoms with E-state index in [2.05, 4.69) is 18.7 Å². The van der Waals surface area contributed by atoms with Crippen LogP contribution in [0.15, 0.2) is 23.2 Å². The normalized spacial score (nSPS) is 19.8. The van der Waals surface area contributed by atoms with E-state index in [4.69, 9.17) is 0 Å². The molecule has 2 amide bonds. The van der Waals surface area contributed by atoms with E-state index < -0.39 is 0 Å². The molecule has 130 valence electrons. The molecule has 0 aromatic carbocycles. The Morgan fingerprint density at radius 3 is 2.54 bits per heavy atom. The van der Waals surface area contributed by atoms with Crippen LogP contribution < -0.4 is 0 Å². The van der Waals surface area contributed by atoms with Crippen molar-refractivity contribution in [1.82, 2.24) is 9.80 Å².